The maximum absolute atomic E-state index is 11.0. The number of carbonyl (C=O) groups is 2. The summed E-state index contributed by atoms with van der Waals surface area (Å²) >= 11 is 0. The molecule has 1 rings (SSSR count). The Balaban J connectivity index is 2.48. The van der Waals surface area contributed by atoms with Gasteiger partial charge < -0.3 is 9.84 Å². The summed E-state index contributed by atoms with van der Waals surface area (Å²) in [6.45, 7) is -0.267. The summed E-state index contributed by atoms with van der Waals surface area (Å²) < 4.78 is 4.44. The molecule has 0 saturated heterocycles. The summed E-state index contributed by atoms with van der Waals surface area (Å²) in [6.07, 6.45) is 1.20. The fraction of sp³-hybridized carbons (Fsp3) is 0.714. The van der Waals surface area contributed by atoms with Crippen LogP contribution < -0.4 is 0 Å². The van der Waals surface area contributed by atoms with E-state index in [0.29, 0.717) is 0 Å². The summed E-state index contributed by atoms with van der Waals surface area (Å²) in [4.78, 5) is 22.5. The molecule has 0 aromatic rings. The number of rotatable bonds is 3. The highest BCUT2D eigenvalue weighted by molar-refractivity contribution is 5.77. The van der Waals surface area contributed by atoms with E-state index in [1.807, 2.05) is 0 Å². The lowest BCUT2D eigenvalue weighted by Gasteiger charge is -2.17. The van der Waals surface area contributed by atoms with Crippen LogP contribution in [-0.4, -0.2) is 41.8 Å². The molecule has 0 aromatic carbocycles. The zero-order valence-corrected chi connectivity index (χ0v) is 6.82. The first kappa shape index (κ1) is 8.83. The summed E-state index contributed by atoms with van der Waals surface area (Å²) in [6, 6.07) is 0.0774. The van der Waals surface area contributed by atoms with Gasteiger partial charge in [0.25, 0.3) is 0 Å². The second-order valence-electron chi connectivity index (χ2n) is 2.72. The Morgan fingerprint density at radius 2 is 2.17 bits per heavy atom. The van der Waals surface area contributed by atoms with E-state index in [1.54, 1.807) is 0 Å². The maximum atomic E-state index is 11.0. The van der Waals surface area contributed by atoms with E-state index < -0.39 is 12.1 Å². The average Bonchev–Trinajstić information content (AvgIpc) is 2.81. The molecule has 1 aliphatic rings. The van der Waals surface area contributed by atoms with Gasteiger partial charge in [0.15, 0.2) is 0 Å². The quantitative estimate of drug-likeness (QED) is 0.666. The van der Waals surface area contributed by atoms with Crippen molar-refractivity contribution in [3.8, 4) is 0 Å². The van der Waals surface area contributed by atoms with Gasteiger partial charge in [-0.2, -0.15) is 0 Å². The minimum atomic E-state index is -1.01. The highest BCUT2D eigenvalue weighted by Crippen LogP contribution is 2.26. The predicted octanol–water partition coefficient (Wildman–Crippen LogP) is 0.302. The van der Waals surface area contributed by atoms with Crippen molar-refractivity contribution in [3.05, 3.63) is 0 Å². The average molecular weight is 173 g/mol. The van der Waals surface area contributed by atoms with E-state index >= 15 is 0 Å². The van der Waals surface area contributed by atoms with E-state index in [-0.39, 0.29) is 12.6 Å². The van der Waals surface area contributed by atoms with Gasteiger partial charge in [0.2, 0.25) is 0 Å². The molecule has 0 bridgehead atoms. The van der Waals surface area contributed by atoms with Crippen molar-refractivity contribution in [1.82, 2.24) is 4.90 Å². The first-order valence-electron chi connectivity index (χ1n) is 3.71. The second-order valence-corrected chi connectivity index (χ2v) is 2.72. The molecule has 0 aromatic heterocycles. The molecule has 0 heterocycles. The van der Waals surface area contributed by atoms with Crippen molar-refractivity contribution in [2.45, 2.75) is 18.9 Å². The van der Waals surface area contributed by atoms with Crippen molar-refractivity contribution >= 4 is 12.1 Å². The Morgan fingerprint density at radius 1 is 1.58 bits per heavy atom. The molecule has 1 saturated carbocycles. The molecule has 0 unspecified atom stereocenters. The van der Waals surface area contributed by atoms with Crippen LogP contribution in [0.1, 0.15) is 12.8 Å². The first-order chi connectivity index (χ1) is 5.65. The smallest absolute Gasteiger partial charge is 0.410 e. The van der Waals surface area contributed by atoms with Gasteiger partial charge in [-0.1, -0.05) is 0 Å². The number of hydrogen-bond donors (Lipinski definition) is 1. The summed E-state index contributed by atoms with van der Waals surface area (Å²) in [5.41, 5.74) is 0. The number of nitrogens with zero attached hydrogens (tertiary/aromatic N) is 1. The van der Waals surface area contributed by atoms with Crippen LogP contribution in [0.5, 0.6) is 0 Å². The molecule has 0 radical (unpaired) electrons. The minimum Gasteiger partial charge on any atom is -0.480 e. The van der Waals surface area contributed by atoms with Gasteiger partial charge in [0.1, 0.15) is 6.54 Å². The lowest BCUT2D eigenvalue weighted by Crippen LogP contribution is -2.37. The number of aliphatic carboxylic acids is 1. The molecule has 0 atom stereocenters. The molecule has 5 heteroatoms. The Morgan fingerprint density at radius 3 is 2.50 bits per heavy atom. The normalized spacial score (nSPS) is 15.4. The number of ether oxygens (including phenoxy) is 1. The zero-order valence-electron chi connectivity index (χ0n) is 6.82. The highest BCUT2D eigenvalue weighted by Gasteiger charge is 2.34. The summed E-state index contributed by atoms with van der Waals surface area (Å²) in [7, 11) is 1.25. The Bertz CT molecular complexity index is 200. The number of carbonyl (C=O) groups excluding carboxylic acids is 1. The third-order valence-corrected chi connectivity index (χ3v) is 1.70. The van der Waals surface area contributed by atoms with Gasteiger partial charge in [0, 0.05) is 6.04 Å². The van der Waals surface area contributed by atoms with Crippen LogP contribution in [0.4, 0.5) is 4.79 Å². The van der Waals surface area contributed by atoms with Gasteiger partial charge in [0.05, 0.1) is 7.11 Å². The van der Waals surface area contributed by atoms with Gasteiger partial charge in [-0.25, -0.2) is 4.79 Å². The van der Waals surface area contributed by atoms with Crippen LogP contribution in [0.2, 0.25) is 0 Å². The van der Waals surface area contributed by atoms with Crippen LogP contribution in [0.3, 0.4) is 0 Å². The molecule has 1 fully saturated rings. The minimum absolute atomic E-state index is 0.0774. The number of amides is 1. The van der Waals surface area contributed by atoms with Gasteiger partial charge >= 0.3 is 12.1 Å². The van der Waals surface area contributed by atoms with Crippen molar-refractivity contribution in [2.24, 2.45) is 0 Å². The van der Waals surface area contributed by atoms with Gasteiger partial charge in [-0.05, 0) is 12.8 Å². The number of carboxylic acids is 1. The first-order valence-corrected chi connectivity index (χ1v) is 3.71. The Hall–Kier alpha value is -1.26. The predicted molar refractivity (Wildman–Crippen MR) is 39.8 cm³/mol. The van der Waals surface area contributed by atoms with E-state index in [4.69, 9.17) is 5.11 Å². The van der Waals surface area contributed by atoms with E-state index in [1.165, 1.54) is 12.0 Å². The van der Waals surface area contributed by atoms with Crippen LogP contribution in [0.15, 0.2) is 0 Å². The van der Waals surface area contributed by atoms with Crippen LogP contribution in [0.25, 0.3) is 0 Å². The van der Waals surface area contributed by atoms with Crippen molar-refractivity contribution < 1.29 is 19.4 Å². The van der Waals surface area contributed by atoms with E-state index in [0.717, 1.165) is 12.8 Å². The SMILES string of the molecule is COC(=O)N(CC(=O)O)C1CC1. The second kappa shape index (κ2) is 3.42. The Labute approximate surface area is 69.9 Å². The molecule has 1 aliphatic carbocycles. The fourth-order valence-corrected chi connectivity index (χ4v) is 0.992. The summed E-state index contributed by atoms with van der Waals surface area (Å²) in [5, 5.41) is 8.46. The van der Waals surface area contributed by atoms with Crippen LogP contribution in [-0.2, 0) is 9.53 Å². The highest BCUT2D eigenvalue weighted by atomic mass is 16.5. The third kappa shape index (κ3) is 2.11. The number of methoxy groups -OCH3 is 1. The van der Waals surface area contributed by atoms with Crippen molar-refractivity contribution in [1.29, 1.82) is 0 Å². The molecule has 5 nitrogen and oxygen atoms in total. The lowest BCUT2D eigenvalue weighted by molar-refractivity contribution is -0.138. The molecule has 1 N–H and O–H groups in total. The van der Waals surface area contributed by atoms with Crippen molar-refractivity contribution in [2.75, 3.05) is 13.7 Å². The molecule has 1 amide bonds. The molecule has 12 heavy (non-hydrogen) atoms. The van der Waals surface area contributed by atoms with Crippen LogP contribution >= 0.6 is 0 Å². The molecule has 0 spiro atoms. The third-order valence-electron chi connectivity index (χ3n) is 1.70. The van der Waals surface area contributed by atoms with Gasteiger partial charge in [-0.15, -0.1) is 0 Å². The van der Waals surface area contributed by atoms with E-state index in [9.17, 15) is 9.59 Å². The Kier molecular flexibility index (Phi) is 2.52. The fourth-order valence-electron chi connectivity index (χ4n) is 0.992. The standard InChI is InChI=1S/C7H11NO4/c1-12-7(11)8(4-6(9)10)5-2-3-5/h5H,2-4H2,1H3,(H,9,10). The molecular weight excluding hydrogens is 162 g/mol. The monoisotopic (exact) mass is 173 g/mol. The summed E-state index contributed by atoms with van der Waals surface area (Å²) in [5.74, 6) is -1.01. The van der Waals surface area contributed by atoms with Gasteiger partial charge in [-0.3, -0.25) is 9.69 Å². The number of carboxylic acid groups (broad SMARTS) is 1. The van der Waals surface area contributed by atoms with Crippen molar-refractivity contribution in [3.63, 3.8) is 0 Å². The lowest BCUT2D eigenvalue weighted by atomic mass is 10.5. The largest absolute Gasteiger partial charge is 0.480 e. The van der Waals surface area contributed by atoms with Crippen LogP contribution in [0, 0.1) is 0 Å². The number of hydrogen-bond acceptors (Lipinski definition) is 3. The molecule has 0 aliphatic heterocycles. The maximum Gasteiger partial charge on any atom is 0.410 e. The zero-order chi connectivity index (χ0) is 9.14. The molecular formula is C7H11NO4. The topological polar surface area (TPSA) is 66.8 Å². The van der Waals surface area contributed by atoms with E-state index in [2.05, 4.69) is 4.74 Å². The molecule has 68 valence electrons.